The lowest BCUT2D eigenvalue weighted by molar-refractivity contribution is 0.564. The summed E-state index contributed by atoms with van der Waals surface area (Å²) in [6.45, 7) is 1.74. The molecular weight excluding hydrogens is 262 g/mol. The van der Waals surface area contributed by atoms with Gasteiger partial charge in [0.15, 0.2) is 0 Å². The molecule has 2 rings (SSSR count). The standard InChI is InChI=1S/C13H15N3O2S/c1-10(13-7-2-3-8-15-13)16-19(17,18)12-6-4-5-11(14)9-12/h2-10,16H,14H2,1H3. The lowest BCUT2D eigenvalue weighted by Gasteiger charge is -2.13. The zero-order valence-electron chi connectivity index (χ0n) is 10.4. The van der Waals surface area contributed by atoms with Crippen LogP contribution < -0.4 is 10.5 Å². The van der Waals surface area contributed by atoms with Crippen LogP contribution >= 0.6 is 0 Å². The van der Waals surface area contributed by atoms with Crippen LogP contribution in [0.2, 0.25) is 0 Å². The van der Waals surface area contributed by atoms with E-state index in [1.54, 1.807) is 37.4 Å². The van der Waals surface area contributed by atoms with Gasteiger partial charge in [0.05, 0.1) is 16.6 Å². The minimum absolute atomic E-state index is 0.148. The largest absolute Gasteiger partial charge is 0.399 e. The molecule has 1 aromatic carbocycles. The zero-order chi connectivity index (χ0) is 13.9. The van der Waals surface area contributed by atoms with E-state index < -0.39 is 16.1 Å². The number of pyridine rings is 1. The van der Waals surface area contributed by atoms with Crippen LogP contribution in [-0.2, 0) is 10.0 Å². The summed E-state index contributed by atoms with van der Waals surface area (Å²) in [5.41, 5.74) is 6.67. The second kappa shape index (κ2) is 5.38. The third-order valence-electron chi connectivity index (χ3n) is 2.63. The van der Waals surface area contributed by atoms with Crippen molar-refractivity contribution in [2.24, 2.45) is 0 Å². The van der Waals surface area contributed by atoms with Crippen molar-refractivity contribution in [1.29, 1.82) is 0 Å². The van der Waals surface area contributed by atoms with E-state index in [-0.39, 0.29) is 4.90 Å². The molecule has 0 aliphatic rings. The van der Waals surface area contributed by atoms with Gasteiger partial charge in [-0.15, -0.1) is 0 Å². The minimum Gasteiger partial charge on any atom is -0.399 e. The molecule has 0 aliphatic carbocycles. The highest BCUT2D eigenvalue weighted by molar-refractivity contribution is 7.89. The highest BCUT2D eigenvalue weighted by Gasteiger charge is 2.18. The van der Waals surface area contributed by atoms with Crippen LogP contribution in [0.1, 0.15) is 18.7 Å². The molecule has 19 heavy (non-hydrogen) atoms. The third kappa shape index (κ3) is 3.30. The van der Waals surface area contributed by atoms with Crippen molar-refractivity contribution in [1.82, 2.24) is 9.71 Å². The van der Waals surface area contributed by atoms with Gasteiger partial charge in [-0.2, -0.15) is 0 Å². The quantitative estimate of drug-likeness (QED) is 0.833. The van der Waals surface area contributed by atoms with Gasteiger partial charge in [0.25, 0.3) is 0 Å². The van der Waals surface area contributed by atoms with E-state index >= 15 is 0 Å². The summed E-state index contributed by atoms with van der Waals surface area (Å²) in [4.78, 5) is 4.27. The summed E-state index contributed by atoms with van der Waals surface area (Å²) >= 11 is 0. The normalized spacial score (nSPS) is 13.1. The second-order valence-corrected chi connectivity index (χ2v) is 5.88. The summed E-state index contributed by atoms with van der Waals surface area (Å²) in [5.74, 6) is 0. The number of sulfonamides is 1. The van der Waals surface area contributed by atoms with E-state index in [4.69, 9.17) is 5.73 Å². The first-order chi connectivity index (χ1) is 8.99. The fourth-order valence-corrected chi connectivity index (χ4v) is 2.95. The Hall–Kier alpha value is -1.92. The average Bonchev–Trinajstić information content (AvgIpc) is 2.39. The fraction of sp³-hybridized carbons (Fsp3) is 0.154. The van der Waals surface area contributed by atoms with Crippen LogP contribution in [0.25, 0.3) is 0 Å². The SMILES string of the molecule is CC(NS(=O)(=O)c1cccc(N)c1)c1ccccn1. The Labute approximate surface area is 112 Å². The van der Waals surface area contributed by atoms with Gasteiger partial charge in [-0.3, -0.25) is 4.98 Å². The van der Waals surface area contributed by atoms with Crippen molar-refractivity contribution >= 4 is 15.7 Å². The van der Waals surface area contributed by atoms with Crippen LogP contribution in [0.4, 0.5) is 5.69 Å². The summed E-state index contributed by atoms with van der Waals surface area (Å²) < 4.78 is 26.9. The number of nitrogens with two attached hydrogens (primary N) is 1. The van der Waals surface area contributed by atoms with Crippen LogP contribution in [0.15, 0.2) is 53.6 Å². The molecule has 6 heteroatoms. The van der Waals surface area contributed by atoms with E-state index in [0.717, 1.165) is 0 Å². The molecule has 0 saturated carbocycles. The lowest BCUT2D eigenvalue weighted by atomic mass is 10.2. The van der Waals surface area contributed by atoms with Crippen LogP contribution in [0.5, 0.6) is 0 Å². The molecule has 1 atom stereocenters. The topological polar surface area (TPSA) is 85.1 Å². The molecular formula is C13H15N3O2S. The highest BCUT2D eigenvalue weighted by atomic mass is 32.2. The maximum Gasteiger partial charge on any atom is 0.241 e. The van der Waals surface area contributed by atoms with Gasteiger partial charge in [-0.25, -0.2) is 13.1 Å². The predicted octanol–water partition coefficient (Wildman–Crippen LogP) is 1.70. The van der Waals surface area contributed by atoms with Crippen LogP contribution in [-0.4, -0.2) is 13.4 Å². The Morgan fingerprint density at radius 1 is 1.21 bits per heavy atom. The highest BCUT2D eigenvalue weighted by Crippen LogP contribution is 2.16. The van der Waals surface area contributed by atoms with E-state index in [9.17, 15) is 8.42 Å². The predicted molar refractivity (Wildman–Crippen MR) is 73.8 cm³/mol. The first-order valence-electron chi connectivity index (χ1n) is 5.78. The van der Waals surface area contributed by atoms with E-state index in [0.29, 0.717) is 11.4 Å². The number of hydrogen-bond acceptors (Lipinski definition) is 4. The molecule has 5 nitrogen and oxygen atoms in total. The first-order valence-corrected chi connectivity index (χ1v) is 7.26. The number of anilines is 1. The smallest absolute Gasteiger partial charge is 0.241 e. The van der Waals surface area contributed by atoms with Crippen molar-refractivity contribution in [2.45, 2.75) is 17.9 Å². The number of hydrogen-bond donors (Lipinski definition) is 2. The molecule has 0 spiro atoms. The molecule has 0 saturated heterocycles. The Bertz CT molecular complexity index is 657. The summed E-state index contributed by atoms with van der Waals surface area (Å²) in [7, 11) is -3.60. The van der Waals surface area contributed by atoms with Crippen LogP contribution in [0, 0.1) is 0 Å². The number of benzene rings is 1. The van der Waals surface area contributed by atoms with Crippen molar-refractivity contribution in [3.05, 3.63) is 54.4 Å². The Kier molecular flexibility index (Phi) is 3.82. The molecule has 0 aliphatic heterocycles. The number of aromatic nitrogens is 1. The molecule has 0 amide bonds. The number of nitrogens with zero attached hydrogens (tertiary/aromatic N) is 1. The number of rotatable bonds is 4. The van der Waals surface area contributed by atoms with Crippen molar-refractivity contribution in [2.75, 3.05) is 5.73 Å². The molecule has 1 heterocycles. The van der Waals surface area contributed by atoms with Crippen LogP contribution in [0.3, 0.4) is 0 Å². The maximum absolute atomic E-state index is 12.2. The molecule has 1 aromatic heterocycles. The van der Waals surface area contributed by atoms with Gasteiger partial charge in [0.1, 0.15) is 0 Å². The van der Waals surface area contributed by atoms with Crippen molar-refractivity contribution in [3.8, 4) is 0 Å². The summed E-state index contributed by atoms with van der Waals surface area (Å²) in [6, 6.07) is 11.1. The monoisotopic (exact) mass is 277 g/mol. The van der Waals surface area contributed by atoms with E-state index in [1.165, 1.54) is 12.1 Å². The first kappa shape index (κ1) is 13.5. The van der Waals surface area contributed by atoms with Crippen molar-refractivity contribution in [3.63, 3.8) is 0 Å². The molecule has 0 fully saturated rings. The molecule has 0 bridgehead atoms. The Morgan fingerprint density at radius 3 is 2.63 bits per heavy atom. The van der Waals surface area contributed by atoms with Gasteiger partial charge in [0.2, 0.25) is 10.0 Å². The van der Waals surface area contributed by atoms with Gasteiger partial charge in [-0.05, 0) is 37.3 Å². The third-order valence-corrected chi connectivity index (χ3v) is 4.17. The lowest BCUT2D eigenvalue weighted by Crippen LogP contribution is -2.27. The van der Waals surface area contributed by atoms with Gasteiger partial charge < -0.3 is 5.73 Å². The number of nitrogens with one attached hydrogen (secondary N) is 1. The maximum atomic E-state index is 12.2. The van der Waals surface area contributed by atoms with E-state index in [1.807, 2.05) is 6.07 Å². The molecule has 1 unspecified atom stereocenters. The molecule has 0 radical (unpaired) electrons. The fourth-order valence-electron chi connectivity index (χ4n) is 1.67. The van der Waals surface area contributed by atoms with Gasteiger partial charge in [0, 0.05) is 11.9 Å². The van der Waals surface area contributed by atoms with E-state index in [2.05, 4.69) is 9.71 Å². The second-order valence-electron chi connectivity index (χ2n) is 4.17. The Balaban J connectivity index is 2.23. The molecule has 3 N–H and O–H groups in total. The zero-order valence-corrected chi connectivity index (χ0v) is 11.3. The number of nitrogen functional groups attached to an aromatic ring is 1. The summed E-state index contributed by atoms with van der Waals surface area (Å²) in [5, 5.41) is 0. The van der Waals surface area contributed by atoms with Crippen molar-refractivity contribution < 1.29 is 8.42 Å². The average molecular weight is 277 g/mol. The minimum atomic E-state index is -3.60. The molecule has 2 aromatic rings. The molecule has 100 valence electrons. The summed E-state index contributed by atoms with van der Waals surface area (Å²) in [6.07, 6.45) is 1.63. The van der Waals surface area contributed by atoms with Gasteiger partial charge >= 0.3 is 0 Å². The Morgan fingerprint density at radius 2 is 2.00 bits per heavy atom. The van der Waals surface area contributed by atoms with Gasteiger partial charge in [-0.1, -0.05) is 12.1 Å².